The van der Waals surface area contributed by atoms with Gasteiger partial charge in [-0.25, -0.2) is 12.8 Å². The average Bonchev–Trinajstić information content (AvgIpc) is 2.68. The minimum absolute atomic E-state index is 0.0518. The molecule has 2 aromatic carbocycles. The molecule has 0 saturated carbocycles. The molecule has 1 fully saturated rings. The molecule has 0 unspecified atom stereocenters. The zero-order valence-corrected chi connectivity index (χ0v) is 15.8. The standard InChI is InChI=1S/C19H21FN2O4S/c1-26-14-15-3-2-4-16(13-15)19(23)21-9-11-22(12-10-21)27(24,25)18-7-5-17(20)6-8-18/h2-8,13H,9-12,14H2,1H3. The molecular formula is C19H21FN2O4S. The van der Waals surface area contributed by atoms with Crippen molar-refractivity contribution in [3.05, 3.63) is 65.5 Å². The first-order valence-electron chi connectivity index (χ1n) is 8.54. The summed E-state index contributed by atoms with van der Waals surface area (Å²) in [6, 6.07) is 12.0. The Labute approximate surface area is 158 Å². The van der Waals surface area contributed by atoms with Crippen LogP contribution >= 0.6 is 0 Å². The fraction of sp³-hybridized carbons (Fsp3) is 0.316. The summed E-state index contributed by atoms with van der Waals surface area (Å²) in [7, 11) is -2.10. The van der Waals surface area contributed by atoms with E-state index in [0.717, 1.165) is 17.7 Å². The van der Waals surface area contributed by atoms with Gasteiger partial charge in [-0.15, -0.1) is 0 Å². The van der Waals surface area contributed by atoms with Crippen molar-refractivity contribution < 1.29 is 22.3 Å². The van der Waals surface area contributed by atoms with Crippen molar-refractivity contribution in [1.29, 1.82) is 0 Å². The van der Waals surface area contributed by atoms with Gasteiger partial charge < -0.3 is 9.64 Å². The van der Waals surface area contributed by atoms with E-state index in [-0.39, 0.29) is 23.9 Å². The molecule has 6 nitrogen and oxygen atoms in total. The van der Waals surface area contributed by atoms with Crippen LogP contribution in [0.4, 0.5) is 4.39 Å². The van der Waals surface area contributed by atoms with E-state index in [4.69, 9.17) is 4.74 Å². The van der Waals surface area contributed by atoms with Gasteiger partial charge in [0.15, 0.2) is 0 Å². The highest BCUT2D eigenvalue weighted by molar-refractivity contribution is 7.89. The maximum atomic E-state index is 13.0. The van der Waals surface area contributed by atoms with E-state index in [1.165, 1.54) is 16.4 Å². The first-order chi connectivity index (χ1) is 12.9. The second-order valence-corrected chi connectivity index (χ2v) is 8.22. The van der Waals surface area contributed by atoms with Gasteiger partial charge >= 0.3 is 0 Å². The summed E-state index contributed by atoms with van der Waals surface area (Å²) in [4.78, 5) is 14.4. The summed E-state index contributed by atoms with van der Waals surface area (Å²) in [6.07, 6.45) is 0. The van der Waals surface area contributed by atoms with E-state index in [1.54, 1.807) is 30.2 Å². The number of nitrogens with zero attached hydrogens (tertiary/aromatic N) is 2. The number of sulfonamides is 1. The van der Waals surface area contributed by atoms with Crippen LogP contribution < -0.4 is 0 Å². The Balaban J connectivity index is 1.67. The molecule has 0 spiro atoms. The van der Waals surface area contributed by atoms with E-state index in [1.807, 2.05) is 6.07 Å². The highest BCUT2D eigenvalue weighted by Gasteiger charge is 2.30. The lowest BCUT2D eigenvalue weighted by molar-refractivity contribution is 0.0697. The van der Waals surface area contributed by atoms with Gasteiger partial charge in [0.05, 0.1) is 11.5 Å². The molecule has 0 N–H and O–H groups in total. The molecule has 0 aliphatic carbocycles. The van der Waals surface area contributed by atoms with E-state index < -0.39 is 15.8 Å². The second-order valence-electron chi connectivity index (χ2n) is 6.28. The molecule has 0 atom stereocenters. The first kappa shape index (κ1) is 19.5. The average molecular weight is 392 g/mol. The molecule has 144 valence electrons. The Morgan fingerprint density at radius 2 is 1.74 bits per heavy atom. The van der Waals surface area contributed by atoms with Crippen molar-refractivity contribution in [1.82, 2.24) is 9.21 Å². The van der Waals surface area contributed by atoms with Gasteiger partial charge in [0, 0.05) is 38.9 Å². The molecular weight excluding hydrogens is 371 g/mol. The largest absolute Gasteiger partial charge is 0.380 e. The molecule has 0 radical (unpaired) electrons. The number of rotatable bonds is 5. The van der Waals surface area contributed by atoms with Crippen LogP contribution in [0.1, 0.15) is 15.9 Å². The lowest BCUT2D eigenvalue weighted by Gasteiger charge is -2.34. The van der Waals surface area contributed by atoms with E-state index in [0.29, 0.717) is 25.3 Å². The molecule has 1 heterocycles. The zero-order valence-electron chi connectivity index (χ0n) is 15.0. The Kier molecular flexibility index (Phi) is 5.88. The van der Waals surface area contributed by atoms with Crippen molar-refractivity contribution >= 4 is 15.9 Å². The van der Waals surface area contributed by atoms with Crippen LogP contribution in [-0.2, 0) is 21.4 Å². The molecule has 0 aromatic heterocycles. The number of halogens is 1. The number of benzene rings is 2. The molecule has 3 rings (SSSR count). The van der Waals surface area contributed by atoms with Crippen molar-refractivity contribution in [2.75, 3.05) is 33.3 Å². The van der Waals surface area contributed by atoms with Crippen molar-refractivity contribution in [3.63, 3.8) is 0 Å². The van der Waals surface area contributed by atoms with Crippen LogP contribution in [0.2, 0.25) is 0 Å². The number of hydrogen-bond acceptors (Lipinski definition) is 4. The smallest absolute Gasteiger partial charge is 0.253 e. The summed E-state index contributed by atoms with van der Waals surface area (Å²) in [5, 5.41) is 0. The highest BCUT2D eigenvalue weighted by atomic mass is 32.2. The topological polar surface area (TPSA) is 66.9 Å². The van der Waals surface area contributed by atoms with Crippen LogP contribution in [-0.4, -0.2) is 56.8 Å². The fourth-order valence-electron chi connectivity index (χ4n) is 3.03. The SMILES string of the molecule is COCc1cccc(C(=O)N2CCN(S(=O)(=O)c3ccc(F)cc3)CC2)c1. The third-order valence-corrected chi connectivity index (χ3v) is 6.38. The number of piperazine rings is 1. The minimum Gasteiger partial charge on any atom is -0.380 e. The molecule has 1 aliphatic rings. The van der Waals surface area contributed by atoms with Gasteiger partial charge in [-0.3, -0.25) is 4.79 Å². The molecule has 1 saturated heterocycles. The lowest BCUT2D eigenvalue weighted by atomic mass is 10.1. The van der Waals surface area contributed by atoms with Gasteiger partial charge in [0.2, 0.25) is 10.0 Å². The number of carbonyl (C=O) groups excluding carboxylic acids is 1. The Bertz CT molecular complexity index is 908. The quantitative estimate of drug-likeness (QED) is 0.782. The van der Waals surface area contributed by atoms with E-state index >= 15 is 0 Å². The monoisotopic (exact) mass is 392 g/mol. The molecule has 27 heavy (non-hydrogen) atoms. The third kappa shape index (κ3) is 4.35. The Hall–Kier alpha value is -2.29. The predicted octanol–water partition coefficient (Wildman–Crippen LogP) is 2.12. The fourth-order valence-corrected chi connectivity index (χ4v) is 4.45. The summed E-state index contributed by atoms with van der Waals surface area (Å²) in [6.45, 7) is 1.42. The van der Waals surface area contributed by atoms with Crippen LogP contribution in [0.25, 0.3) is 0 Å². The molecule has 2 aromatic rings. The van der Waals surface area contributed by atoms with E-state index in [9.17, 15) is 17.6 Å². The van der Waals surface area contributed by atoms with Gasteiger partial charge in [-0.1, -0.05) is 12.1 Å². The zero-order chi connectivity index (χ0) is 19.4. The lowest BCUT2D eigenvalue weighted by Crippen LogP contribution is -2.50. The van der Waals surface area contributed by atoms with Crippen LogP contribution in [0.5, 0.6) is 0 Å². The maximum absolute atomic E-state index is 13.0. The number of ether oxygens (including phenoxy) is 1. The second kappa shape index (κ2) is 8.16. The number of hydrogen-bond donors (Lipinski definition) is 0. The van der Waals surface area contributed by atoms with Gasteiger partial charge in [-0.2, -0.15) is 4.31 Å². The van der Waals surface area contributed by atoms with Crippen molar-refractivity contribution in [2.45, 2.75) is 11.5 Å². The van der Waals surface area contributed by atoms with E-state index in [2.05, 4.69) is 0 Å². The third-order valence-electron chi connectivity index (χ3n) is 4.46. The molecule has 8 heteroatoms. The van der Waals surface area contributed by atoms with Crippen molar-refractivity contribution in [3.8, 4) is 0 Å². The first-order valence-corrected chi connectivity index (χ1v) is 9.98. The highest BCUT2D eigenvalue weighted by Crippen LogP contribution is 2.19. The maximum Gasteiger partial charge on any atom is 0.253 e. The van der Waals surface area contributed by atoms with Gasteiger partial charge in [-0.05, 0) is 42.0 Å². The molecule has 1 amide bonds. The van der Waals surface area contributed by atoms with Crippen molar-refractivity contribution in [2.24, 2.45) is 0 Å². The van der Waals surface area contributed by atoms with Gasteiger partial charge in [0.1, 0.15) is 5.82 Å². The van der Waals surface area contributed by atoms with Gasteiger partial charge in [0.25, 0.3) is 5.91 Å². The predicted molar refractivity (Wildman–Crippen MR) is 98.2 cm³/mol. The van der Waals surface area contributed by atoms with Crippen LogP contribution in [0, 0.1) is 5.82 Å². The summed E-state index contributed by atoms with van der Waals surface area (Å²) in [5.74, 6) is -0.619. The molecule has 0 bridgehead atoms. The number of methoxy groups -OCH3 is 1. The summed E-state index contributed by atoms with van der Waals surface area (Å²) in [5.41, 5.74) is 1.46. The Morgan fingerprint density at radius 3 is 2.37 bits per heavy atom. The normalized spacial score (nSPS) is 15.7. The minimum atomic E-state index is -3.69. The summed E-state index contributed by atoms with van der Waals surface area (Å²) < 4.78 is 44.7. The Morgan fingerprint density at radius 1 is 1.07 bits per heavy atom. The number of carbonyl (C=O) groups is 1. The molecule has 1 aliphatic heterocycles. The number of amides is 1. The van der Waals surface area contributed by atoms with Crippen LogP contribution in [0.3, 0.4) is 0 Å². The van der Waals surface area contributed by atoms with Crippen LogP contribution in [0.15, 0.2) is 53.4 Å². The summed E-state index contributed by atoms with van der Waals surface area (Å²) >= 11 is 0.